The van der Waals surface area contributed by atoms with Crippen LogP contribution in [0.3, 0.4) is 0 Å². The molecule has 0 atom stereocenters. The zero-order valence-electron chi connectivity index (χ0n) is 16.7. The topological polar surface area (TPSA) is 67.3 Å². The maximum absolute atomic E-state index is 14.2. The largest absolute Gasteiger partial charge is 0.283 e. The minimum absolute atomic E-state index is 0.0461. The molecule has 0 saturated carbocycles. The predicted octanol–water partition coefficient (Wildman–Crippen LogP) is 4.72. The van der Waals surface area contributed by atoms with Crippen molar-refractivity contribution in [3.63, 3.8) is 0 Å². The molecule has 164 valence electrons. The standard InChI is InChI=1S/C23H18F2N2O3S2/c24-18-11-19(25)22-20(12-18)31-23(26-22)27(13-16-7-3-1-4-8-16)21(28)15-32(29,30)14-17-9-5-2-6-10-17/h1-12H,13-15H2. The zero-order valence-corrected chi connectivity index (χ0v) is 18.4. The molecular formula is C23H18F2N2O3S2. The zero-order chi connectivity index (χ0) is 22.7. The van der Waals surface area contributed by atoms with E-state index in [1.54, 1.807) is 54.6 Å². The van der Waals surface area contributed by atoms with Gasteiger partial charge in [-0.15, -0.1) is 0 Å². The van der Waals surface area contributed by atoms with Crippen molar-refractivity contribution in [3.05, 3.63) is 95.6 Å². The summed E-state index contributed by atoms with van der Waals surface area (Å²) in [6, 6.07) is 19.4. The number of rotatable bonds is 7. The maximum Gasteiger partial charge on any atom is 0.244 e. The number of nitrogens with zero attached hydrogens (tertiary/aromatic N) is 2. The number of fused-ring (bicyclic) bond motifs is 1. The molecule has 4 aromatic rings. The lowest BCUT2D eigenvalue weighted by Gasteiger charge is -2.20. The van der Waals surface area contributed by atoms with Crippen molar-refractivity contribution < 1.29 is 22.0 Å². The molecule has 1 amide bonds. The molecule has 0 fully saturated rings. The lowest BCUT2D eigenvalue weighted by Crippen LogP contribution is -2.35. The molecule has 0 aliphatic heterocycles. The van der Waals surface area contributed by atoms with Gasteiger partial charge in [0.15, 0.2) is 20.8 Å². The van der Waals surface area contributed by atoms with Gasteiger partial charge < -0.3 is 0 Å². The number of benzene rings is 3. The Bertz CT molecular complexity index is 1360. The van der Waals surface area contributed by atoms with Crippen molar-refractivity contribution >= 4 is 42.4 Å². The van der Waals surface area contributed by atoms with E-state index in [4.69, 9.17) is 0 Å². The number of aromatic nitrogens is 1. The molecule has 0 aliphatic carbocycles. The second-order valence-electron chi connectivity index (χ2n) is 7.21. The second-order valence-corrected chi connectivity index (χ2v) is 10.3. The van der Waals surface area contributed by atoms with Gasteiger partial charge in [-0.3, -0.25) is 9.69 Å². The second kappa shape index (κ2) is 9.13. The summed E-state index contributed by atoms with van der Waals surface area (Å²) in [4.78, 5) is 18.5. The molecule has 0 radical (unpaired) electrons. The lowest BCUT2D eigenvalue weighted by atomic mass is 10.2. The van der Waals surface area contributed by atoms with E-state index >= 15 is 0 Å². The molecule has 0 bridgehead atoms. The average Bonchev–Trinajstić information content (AvgIpc) is 3.16. The summed E-state index contributed by atoms with van der Waals surface area (Å²) in [5.74, 6) is -3.30. The molecular weight excluding hydrogens is 454 g/mol. The van der Waals surface area contributed by atoms with Crippen molar-refractivity contribution in [2.75, 3.05) is 10.7 Å². The van der Waals surface area contributed by atoms with Crippen molar-refractivity contribution in [2.45, 2.75) is 12.3 Å². The average molecular weight is 473 g/mol. The Morgan fingerprint density at radius 1 is 0.938 bits per heavy atom. The minimum Gasteiger partial charge on any atom is -0.283 e. The summed E-state index contributed by atoms with van der Waals surface area (Å²) in [5.41, 5.74) is 1.25. The van der Waals surface area contributed by atoms with Crippen LogP contribution in [0.5, 0.6) is 0 Å². The van der Waals surface area contributed by atoms with Gasteiger partial charge in [0.2, 0.25) is 5.91 Å². The number of hydrogen-bond donors (Lipinski definition) is 0. The van der Waals surface area contributed by atoms with Crippen LogP contribution in [0.1, 0.15) is 11.1 Å². The molecule has 0 aliphatic rings. The van der Waals surface area contributed by atoms with Gasteiger partial charge in [-0.1, -0.05) is 72.0 Å². The Morgan fingerprint density at radius 3 is 2.22 bits per heavy atom. The summed E-state index contributed by atoms with van der Waals surface area (Å²) in [5, 5.41) is 0.105. The number of carbonyl (C=O) groups is 1. The van der Waals surface area contributed by atoms with Crippen molar-refractivity contribution in [3.8, 4) is 0 Å². The first-order valence-electron chi connectivity index (χ1n) is 9.65. The molecule has 1 heterocycles. The molecule has 3 aromatic carbocycles. The van der Waals surface area contributed by atoms with E-state index in [2.05, 4.69) is 4.98 Å². The van der Waals surface area contributed by atoms with Gasteiger partial charge in [0.25, 0.3) is 0 Å². The molecule has 0 saturated heterocycles. The number of halogens is 2. The predicted molar refractivity (Wildman–Crippen MR) is 121 cm³/mol. The summed E-state index contributed by atoms with van der Waals surface area (Å²) >= 11 is 0.930. The van der Waals surface area contributed by atoms with Crippen LogP contribution in [0.15, 0.2) is 72.8 Å². The van der Waals surface area contributed by atoms with Crippen LogP contribution in [-0.2, 0) is 26.9 Å². The third-order valence-electron chi connectivity index (χ3n) is 4.69. The fourth-order valence-corrected chi connectivity index (χ4v) is 5.59. The van der Waals surface area contributed by atoms with Crippen molar-refractivity contribution in [1.82, 2.24) is 4.98 Å². The number of sulfone groups is 1. The van der Waals surface area contributed by atoms with E-state index in [0.29, 0.717) is 5.56 Å². The van der Waals surface area contributed by atoms with Crippen molar-refractivity contribution in [2.24, 2.45) is 0 Å². The van der Waals surface area contributed by atoms with Gasteiger partial charge in [0.05, 0.1) is 17.0 Å². The van der Waals surface area contributed by atoms with E-state index in [9.17, 15) is 22.0 Å². The molecule has 9 heteroatoms. The van der Waals surface area contributed by atoms with Gasteiger partial charge in [-0.2, -0.15) is 0 Å². The van der Waals surface area contributed by atoms with E-state index in [-0.39, 0.29) is 27.6 Å². The first kappa shape index (κ1) is 22.0. The van der Waals surface area contributed by atoms with Gasteiger partial charge in [0.1, 0.15) is 17.1 Å². The summed E-state index contributed by atoms with van der Waals surface area (Å²) in [6.45, 7) is 0.0461. The Kier molecular flexibility index (Phi) is 6.29. The van der Waals surface area contributed by atoms with Crippen molar-refractivity contribution in [1.29, 1.82) is 0 Å². The third kappa shape index (κ3) is 5.17. The first-order valence-corrected chi connectivity index (χ1v) is 12.3. The van der Waals surface area contributed by atoms with Crippen LogP contribution in [0, 0.1) is 11.6 Å². The summed E-state index contributed by atoms with van der Waals surface area (Å²) in [7, 11) is -3.77. The molecule has 1 aromatic heterocycles. The highest BCUT2D eigenvalue weighted by atomic mass is 32.2. The smallest absolute Gasteiger partial charge is 0.244 e. The molecule has 0 spiro atoms. The minimum atomic E-state index is -3.77. The SMILES string of the molecule is O=C(CS(=O)(=O)Cc1ccccc1)N(Cc1ccccc1)c1nc2c(F)cc(F)cc2s1. The Balaban J connectivity index is 1.66. The Morgan fingerprint density at radius 2 is 1.56 bits per heavy atom. The molecule has 4 rings (SSSR count). The van der Waals surface area contributed by atoms with Crippen LogP contribution < -0.4 is 4.90 Å². The fourth-order valence-electron chi connectivity index (χ4n) is 3.23. The number of thiazole rings is 1. The number of anilines is 1. The highest BCUT2D eigenvalue weighted by molar-refractivity contribution is 7.91. The van der Waals surface area contributed by atoms with Gasteiger partial charge in [-0.25, -0.2) is 22.2 Å². The van der Waals surface area contributed by atoms with Crippen LogP contribution in [-0.4, -0.2) is 25.1 Å². The van der Waals surface area contributed by atoms with Crippen LogP contribution >= 0.6 is 11.3 Å². The maximum atomic E-state index is 14.2. The first-order chi connectivity index (χ1) is 15.3. The monoisotopic (exact) mass is 472 g/mol. The van der Waals surface area contributed by atoms with Gasteiger partial charge in [-0.05, 0) is 17.2 Å². The number of amides is 1. The van der Waals surface area contributed by atoms with Gasteiger partial charge >= 0.3 is 0 Å². The third-order valence-corrected chi connectivity index (χ3v) is 7.18. The highest BCUT2D eigenvalue weighted by Crippen LogP contribution is 2.32. The Labute approximate surface area is 187 Å². The van der Waals surface area contributed by atoms with Crippen LogP contribution in [0.4, 0.5) is 13.9 Å². The Hall–Kier alpha value is -3.17. The number of hydrogen-bond acceptors (Lipinski definition) is 5. The summed E-state index contributed by atoms with van der Waals surface area (Å²) in [6.07, 6.45) is 0. The molecule has 5 nitrogen and oxygen atoms in total. The van der Waals surface area contributed by atoms with Crippen LogP contribution in [0.25, 0.3) is 10.2 Å². The van der Waals surface area contributed by atoms with E-state index in [1.807, 2.05) is 6.07 Å². The fraction of sp³-hybridized carbons (Fsp3) is 0.130. The van der Waals surface area contributed by atoms with E-state index in [1.165, 1.54) is 4.90 Å². The number of carbonyl (C=O) groups excluding carboxylic acids is 1. The molecule has 0 N–H and O–H groups in total. The van der Waals surface area contributed by atoms with Crippen LogP contribution in [0.2, 0.25) is 0 Å². The quantitative estimate of drug-likeness (QED) is 0.390. The molecule has 0 unspecified atom stereocenters. The van der Waals surface area contributed by atoms with E-state index in [0.717, 1.165) is 29.0 Å². The lowest BCUT2D eigenvalue weighted by molar-refractivity contribution is -0.116. The molecule has 32 heavy (non-hydrogen) atoms. The summed E-state index contributed by atoms with van der Waals surface area (Å²) < 4.78 is 53.4. The highest BCUT2D eigenvalue weighted by Gasteiger charge is 2.26. The normalized spacial score (nSPS) is 11.6. The van der Waals surface area contributed by atoms with E-state index < -0.39 is 33.1 Å². The van der Waals surface area contributed by atoms with Gasteiger partial charge in [0, 0.05) is 6.07 Å².